The van der Waals surface area contributed by atoms with Crippen molar-refractivity contribution in [1.82, 2.24) is 9.62 Å². The van der Waals surface area contributed by atoms with Gasteiger partial charge in [-0.15, -0.1) is 0 Å². The highest BCUT2D eigenvalue weighted by Crippen LogP contribution is 2.21. The van der Waals surface area contributed by atoms with Crippen LogP contribution in [0.25, 0.3) is 0 Å². The van der Waals surface area contributed by atoms with Crippen molar-refractivity contribution in [2.45, 2.75) is 39.5 Å². The first-order valence-electron chi connectivity index (χ1n) is 9.97. The van der Waals surface area contributed by atoms with Crippen LogP contribution in [-0.2, 0) is 16.4 Å². The second kappa shape index (κ2) is 11.5. The maximum absolute atomic E-state index is 12.6. The molecule has 0 spiro atoms. The van der Waals surface area contributed by atoms with Crippen molar-refractivity contribution < 1.29 is 8.42 Å². The van der Waals surface area contributed by atoms with Gasteiger partial charge in [0, 0.05) is 37.4 Å². The van der Waals surface area contributed by atoms with Crippen LogP contribution >= 0.6 is 11.6 Å². The molecule has 0 atom stereocenters. The van der Waals surface area contributed by atoms with Gasteiger partial charge in [-0.25, -0.2) is 17.7 Å². The molecule has 1 heterocycles. The van der Waals surface area contributed by atoms with Crippen LogP contribution in [0, 0.1) is 5.92 Å². The van der Waals surface area contributed by atoms with Crippen molar-refractivity contribution in [2.75, 3.05) is 31.9 Å². The largest absolute Gasteiger partial charge is 0.355 e. The summed E-state index contributed by atoms with van der Waals surface area (Å²) in [6.07, 6.45) is 4.89. The Morgan fingerprint density at radius 1 is 1.25 bits per heavy atom. The van der Waals surface area contributed by atoms with E-state index in [0.29, 0.717) is 43.0 Å². The molecule has 0 radical (unpaired) electrons. The molecule has 1 aromatic rings. The highest BCUT2D eigenvalue weighted by atomic mass is 35.5. The average molecular weight is 427 g/mol. The Labute approximate surface area is 174 Å². The van der Waals surface area contributed by atoms with Gasteiger partial charge in [-0.05, 0) is 56.2 Å². The fourth-order valence-corrected chi connectivity index (χ4v) is 4.74. The third kappa shape index (κ3) is 7.53. The average Bonchev–Trinajstić information content (AvgIpc) is 2.70. The van der Waals surface area contributed by atoms with E-state index in [4.69, 9.17) is 11.6 Å². The minimum Gasteiger partial charge on any atom is -0.355 e. The number of benzene rings is 1. The molecule has 0 bridgehead atoms. The molecule has 1 aromatic carbocycles. The van der Waals surface area contributed by atoms with Gasteiger partial charge < -0.3 is 5.32 Å². The summed E-state index contributed by atoms with van der Waals surface area (Å²) in [5, 5.41) is 3.82. The van der Waals surface area contributed by atoms with Crippen molar-refractivity contribution in [2.24, 2.45) is 15.9 Å². The Hall–Kier alpha value is -1.44. The van der Waals surface area contributed by atoms with Crippen molar-refractivity contribution in [1.29, 1.82) is 0 Å². The summed E-state index contributed by atoms with van der Waals surface area (Å²) < 4.78 is 26.9. The highest BCUT2D eigenvalue weighted by molar-refractivity contribution is 7.89. The summed E-state index contributed by atoms with van der Waals surface area (Å²) in [6.45, 7) is 6.66. The van der Waals surface area contributed by atoms with E-state index >= 15 is 0 Å². The number of sulfonamides is 1. The number of hydrogen-bond donors (Lipinski definition) is 1. The monoisotopic (exact) mass is 426 g/mol. The fourth-order valence-electron chi connectivity index (χ4n) is 3.09. The van der Waals surface area contributed by atoms with E-state index in [1.54, 1.807) is 16.4 Å². The minimum atomic E-state index is -3.24. The zero-order chi connectivity index (χ0) is 20.4. The predicted molar refractivity (Wildman–Crippen MR) is 118 cm³/mol. The number of rotatable bonds is 8. The number of nitrogens with zero attached hydrogens (tertiary/aromatic N) is 3. The number of nitrogens with one attached hydrogen (secondary N) is 1. The number of halogens is 1. The molecule has 0 unspecified atom stereocenters. The van der Waals surface area contributed by atoms with E-state index in [1.807, 2.05) is 32.2 Å². The molecular formula is C20H31ClN4O2S. The van der Waals surface area contributed by atoms with Crippen molar-refractivity contribution in [3.8, 4) is 0 Å². The van der Waals surface area contributed by atoms with E-state index in [1.165, 1.54) is 0 Å². The molecule has 8 heteroatoms. The summed E-state index contributed by atoms with van der Waals surface area (Å²) in [4.78, 5) is 8.90. The van der Waals surface area contributed by atoms with Crippen LogP contribution in [0.1, 0.15) is 38.7 Å². The molecule has 1 saturated heterocycles. The third-order valence-electron chi connectivity index (χ3n) is 4.76. The Bertz CT molecular complexity index is 755. The fraction of sp³-hybridized carbons (Fsp3) is 0.600. The van der Waals surface area contributed by atoms with Gasteiger partial charge in [0.2, 0.25) is 16.0 Å². The lowest BCUT2D eigenvalue weighted by molar-refractivity contribution is 0.279. The number of aliphatic imine (C=N–C) groups is 2. The summed E-state index contributed by atoms with van der Waals surface area (Å²) in [7, 11) is -3.24. The number of guanidine groups is 1. The summed E-state index contributed by atoms with van der Waals surface area (Å²) in [5.41, 5.74) is 0.987. The normalized spacial score (nSPS) is 17.3. The zero-order valence-corrected chi connectivity index (χ0v) is 18.3. The quantitative estimate of drug-likeness (QED) is 0.511. The molecule has 1 fully saturated rings. The highest BCUT2D eigenvalue weighted by Gasteiger charge is 2.27. The van der Waals surface area contributed by atoms with Gasteiger partial charge >= 0.3 is 0 Å². The first-order valence-corrected chi connectivity index (χ1v) is 12.0. The molecule has 2 rings (SSSR count). The van der Waals surface area contributed by atoms with Gasteiger partial charge in [-0.2, -0.15) is 0 Å². The van der Waals surface area contributed by atoms with Crippen LogP contribution in [0.3, 0.4) is 0 Å². The first-order chi connectivity index (χ1) is 13.4. The third-order valence-corrected chi connectivity index (χ3v) is 6.88. The summed E-state index contributed by atoms with van der Waals surface area (Å²) >= 11 is 5.88. The predicted octanol–water partition coefficient (Wildman–Crippen LogP) is 3.37. The van der Waals surface area contributed by atoms with Gasteiger partial charge in [0.05, 0.1) is 5.75 Å². The van der Waals surface area contributed by atoms with Gasteiger partial charge in [0.25, 0.3) is 0 Å². The van der Waals surface area contributed by atoms with Crippen LogP contribution < -0.4 is 5.32 Å². The van der Waals surface area contributed by atoms with Crippen molar-refractivity contribution in [3.05, 3.63) is 34.9 Å². The summed E-state index contributed by atoms with van der Waals surface area (Å²) in [6, 6.07) is 7.35. The van der Waals surface area contributed by atoms with E-state index in [0.717, 1.165) is 31.4 Å². The number of hydrogen-bond acceptors (Lipinski definition) is 3. The lowest BCUT2D eigenvalue weighted by atomic mass is 9.98. The standard InChI is InChI=1S/C20H31ClN4O2S/c1-3-12-23-20(22-4-2)24-16-18-9-13-25(14-10-18)28(26,27)15-11-17-5-7-19(21)8-6-17/h5-8,12,18H,3-4,9-11,13-16H2,1-2H3,(H,22,24)/b23-12-. The molecule has 156 valence electrons. The Kier molecular flexibility index (Phi) is 9.41. The molecule has 0 saturated carbocycles. The van der Waals surface area contributed by atoms with Crippen LogP contribution in [0.4, 0.5) is 0 Å². The molecule has 1 aliphatic heterocycles. The smallest absolute Gasteiger partial charge is 0.217 e. The number of piperidine rings is 1. The molecule has 0 amide bonds. The Morgan fingerprint density at radius 2 is 1.93 bits per heavy atom. The van der Waals surface area contributed by atoms with Gasteiger partial charge in [0.1, 0.15) is 0 Å². The van der Waals surface area contributed by atoms with Crippen molar-refractivity contribution in [3.63, 3.8) is 0 Å². The molecule has 1 N–H and O–H groups in total. The van der Waals surface area contributed by atoms with E-state index in [-0.39, 0.29) is 5.75 Å². The maximum Gasteiger partial charge on any atom is 0.217 e. The zero-order valence-electron chi connectivity index (χ0n) is 16.8. The van der Waals surface area contributed by atoms with Gasteiger partial charge in [-0.3, -0.25) is 4.99 Å². The van der Waals surface area contributed by atoms with E-state index < -0.39 is 10.0 Å². The lowest BCUT2D eigenvalue weighted by Crippen LogP contribution is -2.40. The van der Waals surface area contributed by atoms with Crippen LogP contribution in [-0.4, -0.2) is 56.8 Å². The van der Waals surface area contributed by atoms with Gasteiger partial charge in [-0.1, -0.05) is 30.7 Å². The molecule has 0 aromatic heterocycles. The maximum atomic E-state index is 12.6. The molecule has 1 aliphatic rings. The van der Waals surface area contributed by atoms with Crippen LogP contribution in [0.5, 0.6) is 0 Å². The molecule has 0 aliphatic carbocycles. The summed E-state index contributed by atoms with van der Waals surface area (Å²) in [5.74, 6) is 1.20. The van der Waals surface area contributed by atoms with E-state index in [9.17, 15) is 8.42 Å². The minimum absolute atomic E-state index is 0.133. The molecule has 6 nitrogen and oxygen atoms in total. The van der Waals surface area contributed by atoms with E-state index in [2.05, 4.69) is 15.3 Å². The van der Waals surface area contributed by atoms with Gasteiger partial charge in [0.15, 0.2) is 0 Å². The SMILES string of the molecule is CC/C=N\C(=NCC1CCN(S(=O)(=O)CCc2ccc(Cl)cc2)CC1)NCC. The molecule has 28 heavy (non-hydrogen) atoms. The van der Waals surface area contributed by atoms with Crippen molar-refractivity contribution >= 4 is 33.8 Å². The van der Waals surface area contributed by atoms with Crippen LogP contribution in [0.2, 0.25) is 5.02 Å². The first kappa shape index (κ1) is 22.8. The Balaban J connectivity index is 1.82. The second-order valence-corrected chi connectivity index (χ2v) is 9.47. The number of aryl methyl sites for hydroxylation is 1. The molecular weight excluding hydrogens is 396 g/mol. The topological polar surface area (TPSA) is 74.1 Å². The van der Waals surface area contributed by atoms with Crippen LogP contribution in [0.15, 0.2) is 34.3 Å². The lowest BCUT2D eigenvalue weighted by Gasteiger charge is -2.30. The second-order valence-electron chi connectivity index (χ2n) is 6.95. The Morgan fingerprint density at radius 3 is 2.54 bits per heavy atom.